The molecule has 10 heteroatoms. The van der Waals surface area contributed by atoms with Crippen LogP contribution in [0.5, 0.6) is 11.5 Å². The van der Waals surface area contributed by atoms with E-state index in [-0.39, 0.29) is 22.4 Å². The van der Waals surface area contributed by atoms with Gasteiger partial charge in [-0.25, -0.2) is 4.99 Å². The van der Waals surface area contributed by atoms with Crippen LogP contribution in [0.1, 0.15) is 5.56 Å². The van der Waals surface area contributed by atoms with E-state index in [2.05, 4.69) is 9.73 Å². The Hall–Kier alpha value is -3.40. The molecule has 0 bridgehead atoms. The highest BCUT2D eigenvalue weighted by Crippen LogP contribution is 2.31. The summed E-state index contributed by atoms with van der Waals surface area (Å²) >= 11 is 1.00. The average molecular weight is 433 g/mol. The number of aliphatic imine (C=N–C) groups is 1. The zero-order valence-electron chi connectivity index (χ0n) is 15.7. The summed E-state index contributed by atoms with van der Waals surface area (Å²) in [6.07, 6.45) is 1.60. The van der Waals surface area contributed by atoms with Crippen molar-refractivity contribution in [2.24, 2.45) is 10.7 Å². The molecular formula is C20H17F2N3O4S. The van der Waals surface area contributed by atoms with Gasteiger partial charge < -0.3 is 15.2 Å². The van der Waals surface area contributed by atoms with Gasteiger partial charge in [0.25, 0.3) is 5.91 Å². The third kappa shape index (κ3) is 5.15. The van der Waals surface area contributed by atoms with Crippen LogP contribution in [0.15, 0.2) is 59.2 Å². The lowest BCUT2D eigenvalue weighted by Crippen LogP contribution is -2.31. The maximum absolute atomic E-state index is 13.0. The van der Waals surface area contributed by atoms with Crippen LogP contribution in [0.2, 0.25) is 0 Å². The molecule has 0 spiro atoms. The van der Waals surface area contributed by atoms with E-state index < -0.39 is 18.4 Å². The first-order valence-corrected chi connectivity index (χ1v) is 9.61. The molecule has 0 aromatic heterocycles. The zero-order chi connectivity index (χ0) is 21.7. The van der Waals surface area contributed by atoms with Crippen molar-refractivity contribution in [1.29, 1.82) is 0 Å². The standard InChI is InChI=1S/C20H17F2N3O4S/c1-28-14-6-2-12(3-7-14)10-16-18(27)25(20(24-16)30-11-17(23)26)13-4-8-15(9-5-13)29-19(21)22/h2-10,19H,11H2,1H3,(H2,23,26). The van der Waals surface area contributed by atoms with Crippen molar-refractivity contribution < 1.29 is 27.8 Å². The maximum Gasteiger partial charge on any atom is 0.387 e. The van der Waals surface area contributed by atoms with Gasteiger partial charge in [0.05, 0.1) is 18.6 Å². The molecule has 2 aromatic rings. The first kappa shape index (κ1) is 21.3. The lowest BCUT2D eigenvalue weighted by atomic mass is 10.2. The zero-order valence-corrected chi connectivity index (χ0v) is 16.6. The molecule has 30 heavy (non-hydrogen) atoms. The lowest BCUT2D eigenvalue weighted by molar-refractivity contribution is -0.115. The van der Waals surface area contributed by atoms with Gasteiger partial charge in [-0.1, -0.05) is 23.9 Å². The van der Waals surface area contributed by atoms with Crippen LogP contribution >= 0.6 is 11.8 Å². The van der Waals surface area contributed by atoms with E-state index in [0.717, 1.165) is 17.3 Å². The van der Waals surface area contributed by atoms with Crippen LogP contribution in [0.3, 0.4) is 0 Å². The highest BCUT2D eigenvalue weighted by atomic mass is 32.2. The molecule has 0 saturated heterocycles. The summed E-state index contributed by atoms with van der Waals surface area (Å²) in [6.45, 7) is -2.95. The monoisotopic (exact) mass is 433 g/mol. The Kier molecular flexibility index (Phi) is 6.68. The number of amidine groups is 1. The third-order valence-electron chi connectivity index (χ3n) is 3.91. The van der Waals surface area contributed by atoms with Crippen molar-refractivity contribution in [2.75, 3.05) is 17.8 Å². The molecule has 1 aliphatic heterocycles. The van der Waals surface area contributed by atoms with Crippen molar-refractivity contribution in [2.45, 2.75) is 6.61 Å². The van der Waals surface area contributed by atoms with Crippen molar-refractivity contribution in [3.8, 4) is 11.5 Å². The average Bonchev–Trinajstić information content (AvgIpc) is 3.02. The van der Waals surface area contributed by atoms with E-state index in [4.69, 9.17) is 10.5 Å². The lowest BCUT2D eigenvalue weighted by Gasteiger charge is -2.18. The van der Waals surface area contributed by atoms with Gasteiger partial charge in [-0.15, -0.1) is 0 Å². The number of amides is 2. The smallest absolute Gasteiger partial charge is 0.387 e. The third-order valence-corrected chi connectivity index (χ3v) is 4.87. The summed E-state index contributed by atoms with van der Waals surface area (Å²) in [5.74, 6) is -0.449. The van der Waals surface area contributed by atoms with E-state index >= 15 is 0 Å². The topological polar surface area (TPSA) is 94.2 Å². The highest BCUT2D eigenvalue weighted by Gasteiger charge is 2.32. The summed E-state index contributed by atoms with van der Waals surface area (Å²) in [7, 11) is 1.55. The molecule has 0 fully saturated rings. The molecule has 1 aliphatic rings. The number of hydrogen-bond acceptors (Lipinski definition) is 6. The predicted molar refractivity (Wildman–Crippen MR) is 111 cm³/mol. The summed E-state index contributed by atoms with van der Waals surface area (Å²) in [4.78, 5) is 29.8. The summed E-state index contributed by atoms with van der Waals surface area (Å²) in [6, 6.07) is 12.6. The first-order chi connectivity index (χ1) is 14.4. The van der Waals surface area contributed by atoms with E-state index in [9.17, 15) is 18.4 Å². The normalized spacial score (nSPS) is 14.9. The van der Waals surface area contributed by atoms with Gasteiger partial charge in [-0.3, -0.25) is 14.5 Å². The van der Waals surface area contributed by atoms with Crippen LogP contribution in [0.25, 0.3) is 6.08 Å². The molecule has 156 valence electrons. The Bertz CT molecular complexity index is 992. The van der Waals surface area contributed by atoms with Crippen LogP contribution < -0.4 is 20.1 Å². The minimum Gasteiger partial charge on any atom is -0.497 e. The number of halogens is 2. The molecule has 2 amide bonds. The second-order valence-electron chi connectivity index (χ2n) is 5.97. The number of rotatable bonds is 7. The van der Waals surface area contributed by atoms with Gasteiger partial charge in [0.2, 0.25) is 5.91 Å². The van der Waals surface area contributed by atoms with Crippen molar-refractivity contribution in [3.63, 3.8) is 0 Å². The Morgan fingerprint density at radius 3 is 2.37 bits per heavy atom. The summed E-state index contributed by atoms with van der Waals surface area (Å²) in [5.41, 5.74) is 6.47. The molecule has 0 unspecified atom stereocenters. The molecule has 2 aromatic carbocycles. The van der Waals surface area contributed by atoms with E-state index in [1.807, 2.05) is 0 Å². The molecule has 0 saturated carbocycles. The number of benzene rings is 2. The second-order valence-corrected chi connectivity index (χ2v) is 6.91. The van der Waals surface area contributed by atoms with Crippen molar-refractivity contribution in [1.82, 2.24) is 0 Å². The number of nitrogens with zero attached hydrogens (tertiary/aromatic N) is 2. The first-order valence-electron chi connectivity index (χ1n) is 8.62. The van der Waals surface area contributed by atoms with E-state index in [1.165, 1.54) is 29.2 Å². The van der Waals surface area contributed by atoms with Crippen LogP contribution in [-0.2, 0) is 9.59 Å². The van der Waals surface area contributed by atoms with Crippen LogP contribution in [0.4, 0.5) is 14.5 Å². The number of ether oxygens (including phenoxy) is 2. The molecule has 2 N–H and O–H groups in total. The van der Waals surface area contributed by atoms with Crippen LogP contribution in [0, 0.1) is 0 Å². The number of anilines is 1. The number of alkyl halides is 2. The minimum absolute atomic E-state index is 0.0438. The van der Waals surface area contributed by atoms with E-state index in [0.29, 0.717) is 11.4 Å². The van der Waals surface area contributed by atoms with Gasteiger partial charge in [0, 0.05) is 0 Å². The van der Waals surface area contributed by atoms with Gasteiger partial charge >= 0.3 is 6.61 Å². The molecule has 3 rings (SSSR count). The number of methoxy groups -OCH3 is 1. The van der Waals surface area contributed by atoms with Gasteiger partial charge in [-0.05, 0) is 48.0 Å². The second kappa shape index (κ2) is 9.40. The molecular weight excluding hydrogens is 416 g/mol. The number of thioether (sulfide) groups is 1. The van der Waals surface area contributed by atoms with Gasteiger partial charge in [-0.2, -0.15) is 8.78 Å². The summed E-state index contributed by atoms with van der Waals surface area (Å²) < 4.78 is 34.2. The molecule has 0 radical (unpaired) electrons. The Balaban J connectivity index is 1.90. The SMILES string of the molecule is COc1ccc(C=C2N=C(SCC(N)=O)N(c3ccc(OC(F)F)cc3)C2=O)cc1. The maximum atomic E-state index is 13.0. The molecule has 1 heterocycles. The fraction of sp³-hybridized carbons (Fsp3) is 0.150. The number of carbonyl (C=O) groups is 2. The minimum atomic E-state index is -2.95. The Morgan fingerprint density at radius 2 is 1.80 bits per heavy atom. The molecule has 0 aliphatic carbocycles. The highest BCUT2D eigenvalue weighted by molar-refractivity contribution is 8.14. The number of hydrogen-bond donors (Lipinski definition) is 1. The summed E-state index contributed by atoms with van der Waals surface area (Å²) in [5, 5.41) is 0.251. The van der Waals surface area contributed by atoms with Crippen molar-refractivity contribution >= 4 is 40.5 Å². The number of carbonyl (C=O) groups excluding carboxylic acids is 2. The van der Waals surface area contributed by atoms with Crippen LogP contribution in [-0.4, -0.2) is 36.5 Å². The van der Waals surface area contributed by atoms with Crippen molar-refractivity contribution in [3.05, 3.63) is 59.8 Å². The number of nitrogens with two attached hydrogens (primary N) is 1. The van der Waals surface area contributed by atoms with Gasteiger partial charge in [0.15, 0.2) is 5.17 Å². The largest absolute Gasteiger partial charge is 0.497 e. The Morgan fingerprint density at radius 1 is 1.17 bits per heavy atom. The fourth-order valence-electron chi connectivity index (χ4n) is 2.59. The molecule has 7 nitrogen and oxygen atoms in total. The Labute approximate surface area is 175 Å². The quantitative estimate of drug-likeness (QED) is 0.677. The predicted octanol–water partition coefficient (Wildman–Crippen LogP) is 3.26. The van der Waals surface area contributed by atoms with E-state index in [1.54, 1.807) is 37.5 Å². The van der Waals surface area contributed by atoms with Gasteiger partial charge in [0.1, 0.15) is 17.2 Å². The molecule has 0 atom stereocenters. The fourth-order valence-corrected chi connectivity index (χ4v) is 3.34. The number of primary amides is 1.